The average molecular weight is 270 g/mol. The van der Waals surface area contributed by atoms with Crippen LogP contribution in [0.3, 0.4) is 0 Å². The summed E-state index contributed by atoms with van der Waals surface area (Å²) in [7, 11) is 2.42. The Bertz CT molecular complexity index is 343. The molecule has 0 radical (unpaired) electrons. The first kappa shape index (κ1) is 17.4. The van der Waals surface area contributed by atoms with Gasteiger partial charge in [0.2, 0.25) is 0 Å². The zero-order chi connectivity index (χ0) is 15.0. The highest BCUT2D eigenvalue weighted by Gasteiger charge is 2.40. The third-order valence-electron chi connectivity index (χ3n) is 3.23. The van der Waals surface area contributed by atoms with Crippen LogP contribution < -0.4 is 0 Å². The van der Waals surface area contributed by atoms with E-state index in [1.54, 1.807) is 19.9 Å². The summed E-state index contributed by atoms with van der Waals surface area (Å²) >= 11 is 0. The van der Waals surface area contributed by atoms with Crippen molar-refractivity contribution in [2.24, 2.45) is 17.8 Å². The molecule has 5 nitrogen and oxygen atoms in total. The zero-order valence-corrected chi connectivity index (χ0v) is 12.1. The van der Waals surface area contributed by atoms with Crippen LogP contribution in [-0.2, 0) is 23.9 Å². The topological polar surface area (TPSA) is 69.7 Å². The summed E-state index contributed by atoms with van der Waals surface area (Å²) in [4.78, 5) is 35.4. The van der Waals surface area contributed by atoms with Gasteiger partial charge in [0.05, 0.1) is 14.2 Å². The van der Waals surface area contributed by atoms with Gasteiger partial charge in [0.15, 0.2) is 11.7 Å². The monoisotopic (exact) mass is 270 g/mol. The Morgan fingerprint density at radius 2 is 1.58 bits per heavy atom. The number of hydrogen-bond acceptors (Lipinski definition) is 5. The lowest BCUT2D eigenvalue weighted by molar-refractivity contribution is -0.162. The summed E-state index contributed by atoms with van der Waals surface area (Å²) < 4.78 is 9.28. The summed E-state index contributed by atoms with van der Waals surface area (Å²) in [6.45, 7) is 5.27. The van der Waals surface area contributed by atoms with Gasteiger partial charge in [0, 0.05) is 5.92 Å². The first-order valence-corrected chi connectivity index (χ1v) is 6.26. The van der Waals surface area contributed by atoms with Crippen molar-refractivity contribution in [3.8, 4) is 0 Å². The van der Waals surface area contributed by atoms with Crippen molar-refractivity contribution >= 4 is 17.7 Å². The van der Waals surface area contributed by atoms with E-state index in [0.29, 0.717) is 6.42 Å². The Labute approximate surface area is 114 Å². The lowest BCUT2D eigenvalue weighted by atomic mass is 9.78. The van der Waals surface area contributed by atoms with E-state index in [-0.39, 0.29) is 5.78 Å². The van der Waals surface area contributed by atoms with Gasteiger partial charge in [-0.2, -0.15) is 0 Å². The SMILES string of the molecule is C/C=C/C(=O)[C@H](C)[C@@H](CC)C(C(=O)OC)C(=O)OC. The number of hydrogen-bond donors (Lipinski definition) is 0. The van der Waals surface area contributed by atoms with Crippen molar-refractivity contribution in [2.75, 3.05) is 14.2 Å². The standard InChI is InChI=1S/C14H22O5/c1-6-8-11(15)9(3)10(7-2)12(13(16)18-4)14(17)19-5/h6,8-10,12H,7H2,1-5H3/b8-6+/t9-,10-/m1/s1. The Morgan fingerprint density at radius 3 is 1.89 bits per heavy atom. The van der Waals surface area contributed by atoms with Crippen molar-refractivity contribution < 1.29 is 23.9 Å². The normalized spacial score (nSPS) is 14.2. The number of esters is 2. The lowest BCUT2D eigenvalue weighted by Gasteiger charge is -2.26. The van der Waals surface area contributed by atoms with E-state index < -0.39 is 29.7 Å². The van der Waals surface area contributed by atoms with Gasteiger partial charge in [-0.15, -0.1) is 0 Å². The van der Waals surface area contributed by atoms with E-state index in [1.807, 2.05) is 6.92 Å². The second kappa shape index (κ2) is 8.45. The zero-order valence-electron chi connectivity index (χ0n) is 12.1. The summed E-state index contributed by atoms with van der Waals surface area (Å²) in [5.41, 5.74) is 0. The van der Waals surface area contributed by atoms with E-state index in [0.717, 1.165) is 0 Å². The lowest BCUT2D eigenvalue weighted by Crippen LogP contribution is -2.38. The maximum Gasteiger partial charge on any atom is 0.320 e. The van der Waals surface area contributed by atoms with E-state index in [4.69, 9.17) is 0 Å². The molecule has 0 aromatic rings. The number of methoxy groups -OCH3 is 2. The molecule has 0 rings (SSSR count). The minimum atomic E-state index is -1.07. The number of carbonyl (C=O) groups excluding carboxylic acids is 3. The molecule has 0 bridgehead atoms. The summed E-state index contributed by atoms with van der Waals surface area (Å²) in [5.74, 6) is -3.41. The molecule has 0 N–H and O–H groups in total. The first-order chi connectivity index (χ1) is 8.94. The number of ether oxygens (including phenoxy) is 2. The first-order valence-electron chi connectivity index (χ1n) is 6.26. The van der Waals surface area contributed by atoms with Crippen LogP contribution in [0.2, 0.25) is 0 Å². The Balaban J connectivity index is 5.29. The second-order valence-corrected chi connectivity index (χ2v) is 4.29. The predicted molar refractivity (Wildman–Crippen MR) is 70.3 cm³/mol. The van der Waals surface area contributed by atoms with Crippen molar-refractivity contribution in [3.05, 3.63) is 12.2 Å². The number of allylic oxidation sites excluding steroid dienone is 2. The summed E-state index contributed by atoms with van der Waals surface area (Å²) in [6.07, 6.45) is 3.58. The highest BCUT2D eigenvalue weighted by Crippen LogP contribution is 2.28. The van der Waals surface area contributed by atoms with Gasteiger partial charge in [-0.25, -0.2) is 0 Å². The fourth-order valence-electron chi connectivity index (χ4n) is 2.10. The van der Waals surface area contributed by atoms with Crippen LogP contribution in [-0.4, -0.2) is 31.9 Å². The average Bonchev–Trinajstić information content (AvgIpc) is 2.42. The fourth-order valence-corrected chi connectivity index (χ4v) is 2.10. The number of carbonyl (C=O) groups is 3. The van der Waals surface area contributed by atoms with Gasteiger partial charge in [-0.05, 0) is 18.9 Å². The van der Waals surface area contributed by atoms with Crippen molar-refractivity contribution in [1.29, 1.82) is 0 Å². The molecule has 0 aromatic carbocycles. The van der Waals surface area contributed by atoms with E-state index in [9.17, 15) is 14.4 Å². The summed E-state index contributed by atoms with van der Waals surface area (Å²) in [5, 5.41) is 0. The molecule has 108 valence electrons. The van der Waals surface area contributed by atoms with Crippen LogP contribution in [0.25, 0.3) is 0 Å². The van der Waals surface area contributed by atoms with Crippen molar-refractivity contribution in [2.45, 2.75) is 27.2 Å². The fraction of sp³-hybridized carbons (Fsp3) is 0.643. The minimum absolute atomic E-state index is 0.118. The van der Waals surface area contributed by atoms with Gasteiger partial charge in [0.1, 0.15) is 0 Å². The number of ketones is 1. The largest absolute Gasteiger partial charge is 0.468 e. The molecular formula is C14H22O5. The molecular weight excluding hydrogens is 248 g/mol. The van der Waals surface area contributed by atoms with Gasteiger partial charge in [0.25, 0.3) is 0 Å². The highest BCUT2D eigenvalue weighted by molar-refractivity contribution is 5.97. The maximum atomic E-state index is 11.9. The van der Waals surface area contributed by atoms with E-state index in [1.165, 1.54) is 20.3 Å². The van der Waals surface area contributed by atoms with Gasteiger partial charge in [-0.3, -0.25) is 14.4 Å². The van der Waals surface area contributed by atoms with Crippen LogP contribution in [0.5, 0.6) is 0 Å². The van der Waals surface area contributed by atoms with Crippen LogP contribution in [0, 0.1) is 17.8 Å². The molecule has 5 heteroatoms. The second-order valence-electron chi connectivity index (χ2n) is 4.29. The van der Waals surface area contributed by atoms with E-state index >= 15 is 0 Å². The smallest absolute Gasteiger partial charge is 0.320 e. The Hall–Kier alpha value is -1.65. The van der Waals surface area contributed by atoms with Crippen LogP contribution in [0.15, 0.2) is 12.2 Å². The third kappa shape index (κ3) is 4.50. The molecule has 0 unspecified atom stereocenters. The number of rotatable bonds is 7. The Kier molecular flexibility index (Phi) is 7.72. The maximum absolute atomic E-state index is 11.9. The molecule has 0 amide bonds. The summed E-state index contributed by atoms with van der Waals surface area (Å²) in [6, 6.07) is 0. The molecule has 2 atom stereocenters. The third-order valence-corrected chi connectivity index (χ3v) is 3.23. The quantitative estimate of drug-likeness (QED) is 0.400. The minimum Gasteiger partial charge on any atom is -0.468 e. The molecule has 0 saturated heterocycles. The van der Waals surface area contributed by atoms with Gasteiger partial charge < -0.3 is 9.47 Å². The molecule has 0 spiro atoms. The molecule has 0 fully saturated rings. The molecule has 0 aliphatic carbocycles. The molecule has 0 aliphatic heterocycles. The van der Waals surface area contributed by atoms with Crippen molar-refractivity contribution in [1.82, 2.24) is 0 Å². The van der Waals surface area contributed by atoms with Crippen LogP contribution in [0.1, 0.15) is 27.2 Å². The van der Waals surface area contributed by atoms with Crippen LogP contribution in [0.4, 0.5) is 0 Å². The molecule has 0 aliphatic rings. The van der Waals surface area contributed by atoms with Crippen molar-refractivity contribution in [3.63, 3.8) is 0 Å². The van der Waals surface area contributed by atoms with Crippen LogP contribution >= 0.6 is 0 Å². The van der Waals surface area contributed by atoms with Gasteiger partial charge >= 0.3 is 11.9 Å². The van der Waals surface area contributed by atoms with E-state index in [2.05, 4.69) is 9.47 Å². The molecule has 0 aromatic heterocycles. The van der Waals surface area contributed by atoms with Gasteiger partial charge in [-0.1, -0.05) is 26.3 Å². The predicted octanol–water partition coefficient (Wildman–Crippen LogP) is 1.76. The highest BCUT2D eigenvalue weighted by atomic mass is 16.5. The molecule has 0 heterocycles. The molecule has 0 saturated carbocycles. The Morgan fingerprint density at radius 1 is 1.11 bits per heavy atom. The molecule has 19 heavy (non-hydrogen) atoms.